The van der Waals surface area contributed by atoms with E-state index in [4.69, 9.17) is 14.2 Å². The van der Waals surface area contributed by atoms with Gasteiger partial charge < -0.3 is 24.0 Å². The van der Waals surface area contributed by atoms with Gasteiger partial charge >= 0.3 is 12.1 Å². The van der Waals surface area contributed by atoms with Gasteiger partial charge in [-0.05, 0) is 61.4 Å². The number of amides is 1. The smallest absolute Gasteiger partial charge is 0.471 e. The van der Waals surface area contributed by atoms with Crippen LogP contribution in [0.15, 0.2) is 47.4 Å². The molecule has 5 rings (SSSR count). The second-order valence-corrected chi connectivity index (χ2v) is 12.0. The summed E-state index contributed by atoms with van der Waals surface area (Å²) in [6.07, 6.45) is -4.90. The van der Waals surface area contributed by atoms with Crippen LogP contribution in [0.1, 0.15) is 12.5 Å². The fourth-order valence-corrected chi connectivity index (χ4v) is 6.87. The van der Waals surface area contributed by atoms with E-state index in [0.717, 1.165) is 0 Å². The summed E-state index contributed by atoms with van der Waals surface area (Å²) >= 11 is 0. The second-order valence-electron chi connectivity index (χ2n) is 10.1. The lowest BCUT2D eigenvalue weighted by atomic mass is 10.1. The van der Waals surface area contributed by atoms with Crippen LogP contribution in [0.3, 0.4) is 0 Å². The molecule has 3 aromatic rings. The first kappa shape index (κ1) is 30.4. The van der Waals surface area contributed by atoms with Crippen molar-refractivity contribution >= 4 is 27.4 Å². The van der Waals surface area contributed by atoms with Gasteiger partial charge in [0.05, 0.1) is 31.9 Å². The van der Waals surface area contributed by atoms with Crippen molar-refractivity contribution in [1.29, 1.82) is 0 Å². The molecule has 3 heterocycles. The first-order valence-corrected chi connectivity index (χ1v) is 14.8. The van der Waals surface area contributed by atoms with Crippen LogP contribution >= 0.6 is 0 Å². The van der Waals surface area contributed by atoms with Crippen molar-refractivity contribution in [2.75, 3.05) is 57.3 Å². The standard InChI is InChI=1S/C28H30F3N5O6S/c1-17-13-19-14-20(5-7-22(19)36(17)27(37)28(29,30)31)43(38,39)35-11-9-34(10-12-35)25-8-6-21(32-33-25)18-15-23(40-2)26(42-4)24(16-18)41-3/h5-8,14-17H,9-13H2,1-4H3. The summed E-state index contributed by atoms with van der Waals surface area (Å²) in [6, 6.07) is 10.3. The Balaban J connectivity index is 1.28. The number of nitrogens with zero attached hydrogens (tertiary/aromatic N) is 5. The van der Waals surface area contributed by atoms with Crippen molar-refractivity contribution in [2.24, 2.45) is 0 Å². The van der Waals surface area contributed by atoms with E-state index in [1.54, 1.807) is 24.3 Å². The summed E-state index contributed by atoms with van der Waals surface area (Å²) < 4.78 is 83.7. The average Bonchev–Trinajstić information content (AvgIpc) is 3.34. The number of halogens is 3. The summed E-state index contributed by atoms with van der Waals surface area (Å²) in [5, 5.41) is 8.69. The van der Waals surface area contributed by atoms with Gasteiger partial charge in [0.25, 0.3) is 0 Å². The highest BCUT2D eigenvalue weighted by Gasteiger charge is 2.47. The number of piperazine rings is 1. The number of rotatable bonds is 7. The van der Waals surface area contributed by atoms with Gasteiger partial charge in [0.2, 0.25) is 15.8 Å². The number of methoxy groups -OCH3 is 3. The molecular weight excluding hydrogens is 591 g/mol. The van der Waals surface area contributed by atoms with Gasteiger partial charge in [0, 0.05) is 43.5 Å². The zero-order valence-corrected chi connectivity index (χ0v) is 24.7. The number of carbonyl (C=O) groups is 1. The number of aromatic nitrogens is 2. The van der Waals surface area contributed by atoms with Crippen LogP contribution in [-0.2, 0) is 21.2 Å². The SMILES string of the molecule is COc1cc(-c2ccc(N3CCN(S(=O)(=O)c4ccc5c(c4)CC(C)N5C(=O)C(F)(F)F)CC3)nn2)cc(OC)c1OC. The molecule has 43 heavy (non-hydrogen) atoms. The average molecular weight is 622 g/mol. The molecule has 0 bridgehead atoms. The molecule has 0 saturated carbocycles. The number of hydrogen-bond donors (Lipinski definition) is 0. The Morgan fingerprint density at radius 1 is 0.907 bits per heavy atom. The molecule has 15 heteroatoms. The first-order chi connectivity index (χ1) is 20.4. The van der Waals surface area contributed by atoms with E-state index >= 15 is 0 Å². The predicted molar refractivity (Wildman–Crippen MR) is 151 cm³/mol. The number of ether oxygens (including phenoxy) is 3. The highest BCUT2D eigenvalue weighted by molar-refractivity contribution is 7.89. The van der Waals surface area contributed by atoms with Gasteiger partial charge in [-0.25, -0.2) is 8.42 Å². The molecule has 0 radical (unpaired) electrons. The third-order valence-electron chi connectivity index (χ3n) is 7.54. The van der Waals surface area contributed by atoms with Crippen LogP contribution in [0.5, 0.6) is 17.2 Å². The molecule has 2 aromatic carbocycles. The molecule has 0 N–H and O–H groups in total. The monoisotopic (exact) mass is 621 g/mol. The van der Waals surface area contributed by atoms with Crippen LogP contribution in [0.2, 0.25) is 0 Å². The normalized spacial score (nSPS) is 17.5. The van der Waals surface area contributed by atoms with Gasteiger partial charge in [-0.15, -0.1) is 10.2 Å². The van der Waals surface area contributed by atoms with Gasteiger partial charge in [0.1, 0.15) is 0 Å². The van der Waals surface area contributed by atoms with Gasteiger partial charge in [-0.2, -0.15) is 17.5 Å². The fraction of sp³-hybridized carbons (Fsp3) is 0.393. The molecule has 1 aromatic heterocycles. The first-order valence-electron chi connectivity index (χ1n) is 13.3. The zero-order chi connectivity index (χ0) is 31.1. The van der Waals surface area contributed by atoms with Crippen molar-refractivity contribution in [1.82, 2.24) is 14.5 Å². The number of anilines is 2. The quantitative estimate of drug-likeness (QED) is 0.391. The van der Waals surface area contributed by atoms with Gasteiger partial charge in [0.15, 0.2) is 17.3 Å². The lowest BCUT2D eigenvalue weighted by molar-refractivity contribution is -0.170. The lowest BCUT2D eigenvalue weighted by Gasteiger charge is -2.34. The van der Waals surface area contributed by atoms with E-state index in [1.165, 1.54) is 50.8 Å². The topological polar surface area (TPSA) is 114 Å². The van der Waals surface area contributed by atoms with Crippen molar-refractivity contribution in [3.63, 3.8) is 0 Å². The van der Waals surface area contributed by atoms with Crippen molar-refractivity contribution < 1.29 is 40.6 Å². The molecule has 230 valence electrons. The van der Waals surface area contributed by atoms with E-state index in [-0.39, 0.29) is 30.1 Å². The molecule has 11 nitrogen and oxygen atoms in total. The fourth-order valence-electron chi connectivity index (χ4n) is 5.40. The van der Waals surface area contributed by atoms with E-state index in [2.05, 4.69) is 10.2 Å². The maximum absolute atomic E-state index is 13.4. The third kappa shape index (κ3) is 5.66. The maximum atomic E-state index is 13.4. The van der Waals surface area contributed by atoms with Gasteiger partial charge in [-0.1, -0.05) is 0 Å². The maximum Gasteiger partial charge on any atom is 0.471 e. The summed E-state index contributed by atoms with van der Waals surface area (Å²) in [4.78, 5) is 14.5. The Hall–Kier alpha value is -4.11. The minimum Gasteiger partial charge on any atom is -0.493 e. The molecule has 1 unspecified atom stereocenters. The van der Waals surface area contributed by atoms with Crippen LogP contribution in [0, 0.1) is 0 Å². The van der Waals surface area contributed by atoms with Crippen LogP contribution in [-0.4, -0.2) is 88.6 Å². The third-order valence-corrected chi connectivity index (χ3v) is 9.43. The number of benzene rings is 2. The summed E-state index contributed by atoms with van der Waals surface area (Å²) in [6.45, 7) is 2.55. The van der Waals surface area contributed by atoms with E-state index in [9.17, 15) is 26.4 Å². The number of fused-ring (bicyclic) bond motifs is 1. The van der Waals surface area contributed by atoms with Crippen LogP contribution in [0.4, 0.5) is 24.7 Å². The van der Waals surface area contributed by atoms with Crippen molar-refractivity contribution in [3.05, 3.63) is 48.0 Å². The molecule has 2 aliphatic heterocycles. The zero-order valence-electron chi connectivity index (χ0n) is 23.9. The molecule has 2 aliphatic rings. The van der Waals surface area contributed by atoms with Gasteiger partial charge in [-0.3, -0.25) is 4.79 Å². The highest BCUT2D eigenvalue weighted by Crippen LogP contribution is 2.41. The highest BCUT2D eigenvalue weighted by atomic mass is 32.2. The summed E-state index contributed by atoms with van der Waals surface area (Å²) in [7, 11) is 0.639. The molecule has 0 aliphatic carbocycles. The van der Waals surface area contributed by atoms with Crippen LogP contribution < -0.4 is 24.0 Å². The molecule has 1 atom stereocenters. The molecule has 1 fully saturated rings. The van der Waals surface area contributed by atoms with Crippen molar-refractivity contribution in [3.8, 4) is 28.5 Å². The van der Waals surface area contributed by atoms with Crippen LogP contribution in [0.25, 0.3) is 11.3 Å². The Labute approximate surface area is 246 Å². The van der Waals surface area contributed by atoms with E-state index in [0.29, 0.717) is 57.9 Å². The summed E-state index contributed by atoms with van der Waals surface area (Å²) in [5.41, 5.74) is 1.74. The Morgan fingerprint density at radius 3 is 2.09 bits per heavy atom. The minimum atomic E-state index is -5.03. The largest absolute Gasteiger partial charge is 0.493 e. The Bertz CT molecular complexity index is 1600. The summed E-state index contributed by atoms with van der Waals surface area (Å²) in [5.74, 6) is 0.0218. The van der Waals surface area contributed by atoms with E-state index in [1.807, 2.05) is 4.90 Å². The number of carbonyl (C=O) groups excluding carboxylic acids is 1. The van der Waals surface area contributed by atoms with Crippen molar-refractivity contribution in [2.45, 2.75) is 30.5 Å². The number of sulfonamides is 1. The molecule has 0 spiro atoms. The second kappa shape index (κ2) is 11.5. The molecule has 1 saturated heterocycles. The molecule has 1 amide bonds. The Morgan fingerprint density at radius 2 is 1.56 bits per heavy atom. The molecular formula is C28H30F3N5O6S. The minimum absolute atomic E-state index is 0.0253. The predicted octanol–water partition coefficient (Wildman–Crippen LogP) is 3.52. The Kier molecular flexibility index (Phi) is 8.13. The lowest BCUT2D eigenvalue weighted by Crippen LogP contribution is -2.49. The van der Waals surface area contributed by atoms with E-state index < -0.39 is 28.1 Å². The number of alkyl halides is 3. The number of hydrogen-bond acceptors (Lipinski definition) is 9.